The maximum atomic E-state index is 12.7. The number of nitrogens with zero attached hydrogens (tertiary/aromatic N) is 2. The summed E-state index contributed by atoms with van der Waals surface area (Å²) in [6, 6.07) is 0.226. The number of aliphatic hydroxyl groups excluding tert-OH is 1. The zero-order chi connectivity index (χ0) is 18.7. The topological polar surface area (TPSA) is 78.5 Å². The largest absolute Gasteiger partial charge is 0.389 e. The van der Waals surface area contributed by atoms with E-state index in [1.165, 1.54) is 16.9 Å². The maximum absolute atomic E-state index is 12.7. The quantitative estimate of drug-likeness (QED) is 0.737. The van der Waals surface area contributed by atoms with Gasteiger partial charge in [-0.1, -0.05) is 0 Å². The molecule has 1 aliphatic carbocycles. The van der Waals surface area contributed by atoms with Crippen molar-refractivity contribution in [2.45, 2.75) is 65.1 Å². The van der Waals surface area contributed by atoms with Crippen LogP contribution in [-0.4, -0.2) is 51.9 Å². The van der Waals surface area contributed by atoms with Crippen LogP contribution >= 0.6 is 11.3 Å². The number of hydrogen-bond acceptors (Lipinski definition) is 6. The third-order valence-electron chi connectivity index (χ3n) is 4.92. The molecule has 2 heterocycles. The van der Waals surface area contributed by atoms with E-state index in [0.717, 1.165) is 29.5 Å². The van der Waals surface area contributed by atoms with Gasteiger partial charge < -0.3 is 14.8 Å². The second-order valence-corrected chi connectivity index (χ2v) is 8.32. The Balaban J connectivity index is 1.81. The minimum atomic E-state index is -0.554. The molecule has 0 aromatic carbocycles. The molecule has 0 radical (unpaired) electrons. The number of fused-ring (bicyclic) bond motifs is 3. The molecule has 7 heteroatoms. The van der Waals surface area contributed by atoms with E-state index < -0.39 is 6.10 Å². The Morgan fingerprint density at radius 2 is 2.12 bits per heavy atom. The Morgan fingerprint density at radius 3 is 2.85 bits per heavy atom. The molecule has 2 aromatic heterocycles. The fourth-order valence-corrected chi connectivity index (χ4v) is 4.79. The first-order valence-electron chi connectivity index (χ1n) is 9.52. The van der Waals surface area contributed by atoms with Crippen molar-refractivity contribution >= 4 is 21.6 Å². The molecule has 0 unspecified atom stereocenters. The van der Waals surface area contributed by atoms with E-state index in [-0.39, 0.29) is 11.6 Å². The van der Waals surface area contributed by atoms with E-state index in [9.17, 15) is 9.90 Å². The first kappa shape index (κ1) is 19.5. The molecule has 1 atom stereocenters. The van der Waals surface area contributed by atoms with Gasteiger partial charge in [-0.2, -0.15) is 0 Å². The lowest BCUT2D eigenvalue weighted by Gasteiger charge is -2.28. The molecule has 6 nitrogen and oxygen atoms in total. The molecule has 2 aromatic rings. The van der Waals surface area contributed by atoms with E-state index in [1.54, 1.807) is 11.3 Å². The van der Waals surface area contributed by atoms with Crippen LogP contribution in [0.5, 0.6) is 0 Å². The SMILES string of the molecule is CCOC[C@H](O)CN(Cc1nc2sc3c(c2c(=O)[nH]1)CCCC3)C(C)C. The molecule has 1 aliphatic rings. The van der Waals surface area contributed by atoms with Gasteiger partial charge in [0.2, 0.25) is 0 Å². The number of aliphatic hydroxyl groups is 1. The van der Waals surface area contributed by atoms with Gasteiger partial charge >= 0.3 is 0 Å². The normalized spacial score (nSPS) is 15.8. The lowest BCUT2D eigenvalue weighted by molar-refractivity contribution is 0.0127. The number of rotatable bonds is 8. The summed E-state index contributed by atoms with van der Waals surface area (Å²) >= 11 is 1.67. The molecular formula is C19H29N3O3S. The van der Waals surface area contributed by atoms with Crippen molar-refractivity contribution in [3.8, 4) is 0 Å². The van der Waals surface area contributed by atoms with E-state index in [4.69, 9.17) is 9.72 Å². The second-order valence-electron chi connectivity index (χ2n) is 7.24. The molecule has 0 bridgehead atoms. The molecule has 0 aliphatic heterocycles. The third-order valence-corrected chi connectivity index (χ3v) is 6.10. The van der Waals surface area contributed by atoms with Gasteiger partial charge in [0.05, 0.1) is 24.6 Å². The highest BCUT2D eigenvalue weighted by molar-refractivity contribution is 7.18. The van der Waals surface area contributed by atoms with Crippen molar-refractivity contribution in [3.05, 3.63) is 26.6 Å². The first-order valence-corrected chi connectivity index (χ1v) is 10.3. The summed E-state index contributed by atoms with van der Waals surface area (Å²) in [6.45, 7) is 7.97. The highest BCUT2D eigenvalue weighted by Gasteiger charge is 2.21. The highest BCUT2D eigenvalue weighted by Crippen LogP contribution is 2.33. The van der Waals surface area contributed by atoms with Crippen LogP contribution in [0.15, 0.2) is 4.79 Å². The van der Waals surface area contributed by atoms with Gasteiger partial charge in [-0.05, 0) is 52.0 Å². The number of ether oxygens (including phenoxy) is 1. The molecule has 0 saturated heterocycles. The first-order chi connectivity index (χ1) is 12.5. The Hall–Kier alpha value is -1.28. The van der Waals surface area contributed by atoms with Crippen molar-refractivity contribution in [2.75, 3.05) is 19.8 Å². The summed E-state index contributed by atoms with van der Waals surface area (Å²) in [6.07, 6.45) is 3.85. The summed E-state index contributed by atoms with van der Waals surface area (Å²) in [5.74, 6) is 0.665. The van der Waals surface area contributed by atoms with Crippen LogP contribution < -0.4 is 5.56 Å². The van der Waals surface area contributed by atoms with Gasteiger partial charge in [0.15, 0.2) is 0 Å². The molecule has 3 rings (SSSR count). The van der Waals surface area contributed by atoms with E-state index in [1.807, 2.05) is 6.92 Å². The van der Waals surface area contributed by atoms with Crippen LogP contribution in [0.4, 0.5) is 0 Å². The van der Waals surface area contributed by atoms with Gasteiger partial charge in [0.1, 0.15) is 10.7 Å². The molecule has 144 valence electrons. The fraction of sp³-hybridized carbons (Fsp3) is 0.684. The Morgan fingerprint density at radius 1 is 1.35 bits per heavy atom. The van der Waals surface area contributed by atoms with Crippen LogP contribution in [-0.2, 0) is 24.1 Å². The molecule has 26 heavy (non-hydrogen) atoms. The standard InChI is InChI=1S/C19H29N3O3S/c1-4-25-11-13(23)9-22(12(2)3)10-16-20-18(24)17-14-7-5-6-8-15(14)26-19(17)21-16/h12-13,23H,4-11H2,1-3H3,(H,20,21,24)/t13-/m1/s1. The second kappa shape index (κ2) is 8.61. The predicted molar refractivity (Wildman–Crippen MR) is 105 cm³/mol. The number of aryl methyl sites for hydroxylation is 2. The molecule has 0 saturated carbocycles. The summed E-state index contributed by atoms with van der Waals surface area (Å²) in [5, 5.41) is 11.0. The van der Waals surface area contributed by atoms with Crippen LogP contribution in [0.3, 0.4) is 0 Å². The van der Waals surface area contributed by atoms with Crippen molar-refractivity contribution in [1.29, 1.82) is 0 Å². The van der Waals surface area contributed by atoms with Crippen molar-refractivity contribution in [3.63, 3.8) is 0 Å². The lowest BCUT2D eigenvalue weighted by atomic mass is 9.97. The van der Waals surface area contributed by atoms with E-state index in [0.29, 0.717) is 32.1 Å². The average Bonchev–Trinajstić information content (AvgIpc) is 2.98. The average molecular weight is 380 g/mol. The zero-order valence-electron chi connectivity index (χ0n) is 15.9. The lowest BCUT2D eigenvalue weighted by Crippen LogP contribution is -2.39. The number of aromatic nitrogens is 2. The fourth-order valence-electron chi connectivity index (χ4n) is 3.51. The van der Waals surface area contributed by atoms with Gasteiger partial charge in [0, 0.05) is 24.1 Å². The van der Waals surface area contributed by atoms with Crippen LogP contribution in [0, 0.1) is 0 Å². The van der Waals surface area contributed by atoms with Gasteiger partial charge in [-0.15, -0.1) is 11.3 Å². The van der Waals surface area contributed by atoms with Gasteiger partial charge in [-0.3, -0.25) is 9.69 Å². The molecule has 0 amide bonds. The zero-order valence-corrected chi connectivity index (χ0v) is 16.7. The van der Waals surface area contributed by atoms with Crippen molar-refractivity contribution in [2.24, 2.45) is 0 Å². The predicted octanol–water partition coefficient (Wildman–Crippen LogP) is 2.47. The third kappa shape index (κ3) is 4.34. The molecule has 0 spiro atoms. The minimum Gasteiger partial charge on any atom is -0.389 e. The number of H-pyrrole nitrogens is 1. The summed E-state index contributed by atoms with van der Waals surface area (Å²) in [7, 11) is 0. The molecular weight excluding hydrogens is 350 g/mol. The van der Waals surface area contributed by atoms with Crippen molar-refractivity contribution < 1.29 is 9.84 Å². The highest BCUT2D eigenvalue weighted by atomic mass is 32.1. The van der Waals surface area contributed by atoms with Crippen LogP contribution in [0.2, 0.25) is 0 Å². The Bertz CT molecular complexity index is 799. The summed E-state index contributed by atoms with van der Waals surface area (Å²) in [5.41, 5.74) is 1.19. The smallest absolute Gasteiger partial charge is 0.259 e. The minimum absolute atomic E-state index is 0.0250. The Labute approximate surface area is 158 Å². The summed E-state index contributed by atoms with van der Waals surface area (Å²) in [4.78, 5) is 24.7. The molecule has 0 fully saturated rings. The summed E-state index contributed by atoms with van der Waals surface area (Å²) < 4.78 is 5.30. The maximum Gasteiger partial charge on any atom is 0.259 e. The Kier molecular flexibility index (Phi) is 6.45. The van der Waals surface area contributed by atoms with Gasteiger partial charge in [-0.25, -0.2) is 4.98 Å². The van der Waals surface area contributed by atoms with Gasteiger partial charge in [0.25, 0.3) is 5.56 Å². The van der Waals surface area contributed by atoms with Crippen molar-refractivity contribution in [1.82, 2.24) is 14.9 Å². The number of thiophene rings is 1. The monoisotopic (exact) mass is 379 g/mol. The van der Waals surface area contributed by atoms with Crippen LogP contribution in [0.25, 0.3) is 10.2 Å². The number of hydrogen-bond donors (Lipinski definition) is 2. The molecule has 2 N–H and O–H groups in total. The van der Waals surface area contributed by atoms with Crippen LogP contribution in [0.1, 0.15) is 49.9 Å². The number of nitrogens with one attached hydrogen (secondary N) is 1. The van der Waals surface area contributed by atoms with E-state index >= 15 is 0 Å². The number of aromatic amines is 1. The van der Waals surface area contributed by atoms with E-state index in [2.05, 4.69) is 23.7 Å².